The third-order valence-corrected chi connectivity index (χ3v) is 4.08. The van der Waals surface area contributed by atoms with E-state index in [2.05, 4.69) is 21.2 Å². The smallest absolute Gasteiger partial charge is 0.320 e. The number of benzene rings is 1. The van der Waals surface area contributed by atoms with Crippen molar-refractivity contribution in [1.29, 1.82) is 0 Å². The molecule has 1 aromatic rings. The van der Waals surface area contributed by atoms with Gasteiger partial charge in [-0.25, -0.2) is 0 Å². The van der Waals surface area contributed by atoms with Crippen LogP contribution in [0.4, 0.5) is 5.69 Å². The highest BCUT2D eigenvalue weighted by Crippen LogP contribution is 2.13. The van der Waals surface area contributed by atoms with Crippen molar-refractivity contribution in [3.05, 3.63) is 29.8 Å². The van der Waals surface area contributed by atoms with E-state index in [-0.39, 0.29) is 12.3 Å². The summed E-state index contributed by atoms with van der Waals surface area (Å²) < 4.78 is 0. The van der Waals surface area contributed by atoms with Crippen molar-refractivity contribution in [3.8, 4) is 0 Å². The fraction of sp³-hybridized carbons (Fsp3) is 0.529. The van der Waals surface area contributed by atoms with Gasteiger partial charge in [-0.3, -0.25) is 9.59 Å². The predicted octanol–water partition coefficient (Wildman–Crippen LogP) is 3.32. The van der Waals surface area contributed by atoms with E-state index in [9.17, 15) is 9.59 Å². The predicted molar refractivity (Wildman–Crippen MR) is 95.9 cm³/mol. The molecule has 1 amide bonds. The Morgan fingerprint density at radius 2 is 1.87 bits per heavy atom. The van der Waals surface area contributed by atoms with E-state index in [1.165, 1.54) is 12.8 Å². The third kappa shape index (κ3) is 8.71. The molecule has 0 fully saturated rings. The molecule has 0 radical (unpaired) electrons. The van der Waals surface area contributed by atoms with Gasteiger partial charge in [-0.05, 0) is 37.0 Å². The maximum absolute atomic E-state index is 11.9. The number of hydrogen-bond donors (Lipinski definition) is 3. The fourth-order valence-corrected chi connectivity index (χ4v) is 2.65. The number of unbranched alkanes of at least 4 members (excludes halogenated alkanes) is 4. The SMILES string of the molecule is N[C@@H](Cc1cccc(NC(=O)CCCCCCCBr)c1)C(=O)O. The molecule has 128 valence electrons. The molecule has 23 heavy (non-hydrogen) atoms. The second kappa shape index (κ2) is 11.2. The summed E-state index contributed by atoms with van der Waals surface area (Å²) in [5, 5.41) is 12.7. The van der Waals surface area contributed by atoms with Gasteiger partial charge in [0.2, 0.25) is 5.91 Å². The number of hydrogen-bond acceptors (Lipinski definition) is 3. The van der Waals surface area contributed by atoms with E-state index in [0.717, 1.165) is 30.2 Å². The Labute approximate surface area is 145 Å². The van der Waals surface area contributed by atoms with Crippen molar-refractivity contribution in [2.24, 2.45) is 5.73 Å². The number of carboxylic acids is 1. The third-order valence-electron chi connectivity index (χ3n) is 3.52. The summed E-state index contributed by atoms with van der Waals surface area (Å²) in [6.07, 6.45) is 6.23. The molecule has 1 atom stereocenters. The molecular formula is C17H25BrN2O3. The summed E-state index contributed by atoms with van der Waals surface area (Å²) >= 11 is 3.40. The summed E-state index contributed by atoms with van der Waals surface area (Å²) in [5.41, 5.74) is 7.01. The van der Waals surface area contributed by atoms with Crippen LogP contribution in [0.3, 0.4) is 0 Å². The summed E-state index contributed by atoms with van der Waals surface area (Å²) in [4.78, 5) is 22.7. The summed E-state index contributed by atoms with van der Waals surface area (Å²) in [7, 11) is 0. The van der Waals surface area contributed by atoms with Crippen LogP contribution in [0.15, 0.2) is 24.3 Å². The highest BCUT2D eigenvalue weighted by Gasteiger charge is 2.12. The average Bonchev–Trinajstić information content (AvgIpc) is 2.51. The van der Waals surface area contributed by atoms with E-state index < -0.39 is 12.0 Å². The van der Waals surface area contributed by atoms with E-state index in [0.29, 0.717) is 12.1 Å². The summed E-state index contributed by atoms with van der Waals surface area (Å²) in [6, 6.07) is 6.24. The molecule has 0 bridgehead atoms. The van der Waals surface area contributed by atoms with Gasteiger partial charge in [0.15, 0.2) is 0 Å². The molecule has 0 aliphatic rings. The van der Waals surface area contributed by atoms with Crippen molar-refractivity contribution in [2.45, 2.75) is 51.0 Å². The standard InChI is InChI=1S/C17H25BrN2O3/c18-10-5-3-1-2-4-9-16(21)20-14-8-6-7-13(11-14)12-15(19)17(22)23/h6-8,11,15H,1-5,9-10,12,19H2,(H,20,21)(H,22,23)/t15-/m0/s1. The lowest BCUT2D eigenvalue weighted by Crippen LogP contribution is -2.32. The van der Waals surface area contributed by atoms with Gasteiger partial charge >= 0.3 is 5.97 Å². The molecule has 0 unspecified atom stereocenters. The zero-order valence-electron chi connectivity index (χ0n) is 13.3. The van der Waals surface area contributed by atoms with Crippen LogP contribution >= 0.6 is 15.9 Å². The number of amides is 1. The van der Waals surface area contributed by atoms with Crippen LogP contribution in [-0.2, 0) is 16.0 Å². The number of aliphatic carboxylic acids is 1. The first-order valence-electron chi connectivity index (χ1n) is 7.96. The maximum Gasteiger partial charge on any atom is 0.320 e. The van der Waals surface area contributed by atoms with Gasteiger partial charge in [-0.2, -0.15) is 0 Å². The van der Waals surface area contributed by atoms with Crippen molar-refractivity contribution in [2.75, 3.05) is 10.6 Å². The van der Waals surface area contributed by atoms with Gasteiger partial charge in [0.1, 0.15) is 6.04 Å². The number of alkyl halides is 1. The monoisotopic (exact) mass is 384 g/mol. The van der Waals surface area contributed by atoms with Gasteiger partial charge in [-0.15, -0.1) is 0 Å². The van der Waals surface area contributed by atoms with Crippen LogP contribution in [0.25, 0.3) is 0 Å². The van der Waals surface area contributed by atoms with Crippen LogP contribution in [0, 0.1) is 0 Å². The van der Waals surface area contributed by atoms with Gasteiger partial charge in [0.05, 0.1) is 0 Å². The molecule has 4 N–H and O–H groups in total. The minimum atomic E-state index is -1.03. The topological polar surface area (TPSA) is 92.4 Å². The molecule has 1 rings (SSSR count). The Morgan fingerprint density at radius 3 is 2.57 bits per heavy atom. The highest BCUT2D eigenvalue weighted by atomic mass is 79.9. The molecule has 5 nitrogen and oxygen atoms in total. The molecule has 0 aromatic heterocycles. The lowest BCUT2D eigenvalue weighted by Gasteiger charge is -2.09. The number of halogens is 1. The Bertz CT molecular complexity index is 508. The molecular weight excluding hydrogens is 360 g/mol. The number of anilines is 1. The Balaban J connectivity index is 2.35. The number of carboxylic acid groups (broad SMARTS) is 1. The number of nitrogens with one attached hydrogen (secondary N) is 1. The van der Waals surface area contributed by atoms with Crippen LogP contribution < -0.4 is 11.1 Å². The van der Waals surface area contributed by atoms with Crippen LogP contribution in [0.2, 0.25) is 0 Å². The zero-order chi connectivity index (χ0) is 17.1. The Kier molecular flexibility index (Phi) is 9.55. The lowest BCUT2D eigenvalue weighted by molar-refractivity contribution is -0.138. The molecule has 0 aliphatic carbocycles. The number of carbonyl (C=O) groups excluding carboxylic acids is 1. The molecule has 0 saturated heterocycles. The van der Waals surface area contributed by atoms with E-state index in [1.54, 1.807) is 18.2 Å². The zero-order valence-corrected chi connectivity index (χ0v) is 14.8. The summed E-state index contributed by atoms with van der Waals surface area (Å²) in [5.74, 6) is -1.04. The Hall–Kier alpha value is -1.40. The molecule has 0 heterocycles. The van der Waals surface area contributed by atoms with Crippen molar-refractivity contribution < 1.29 is 14.7 Å². The summed E-state index contributed by atoms with van der Waals surface area (Å²) in [6.45, 7) is 0. The van der Waals surface area contributed by atoms with Gasteiger partial charge in [0, 0.05) is 17.4 Å². The maximum atomic E-state index is 11.9. The fourth-order valence-electron chi connectivity index (χ4n) is 2.25. The van der Waals surface area contributed by atoms with Gasteiger partial charge in [-0.1, -0.05) is 47.3 Å². The van der Waals surface area contributed by atoms with E-state index in [4.69, 9.17) is 10.8 Å². The second-order valence-electron chi connectivity index (χ2n) is 5.60. The molecule has 0 saturated carbocycles. The first-order valence-corrected chi connectivity index (χ1v) is 9.08. The van der Waals surface area contributed by atoms with Gasteiger partial charge in [0.25, 0.3) is 0 Å². The highest BCUT2D eigenvalue weighted by molar-refractivity contribution is 9.09. The molecule has 0 aliphatic heterocycles. The minimum absolute atomic E-state index is 0.00910. The van der Waals surface area contributed by atoms with E-state index in [1.807, 2.05) is 6.07 Å². The molecule has 0 spiro atoms. The normalized spacial score (nSPS) is 11.9. The van der Waals surface area contributed by atoms with Crippen LogP contribution in [-0.4, -0.2) is 28.4 Å². The number of carbonyl (C=O) groups is 2. The molecule has 6 heteroatoms. The van der Waals surface area contributed by atoms with Gasteiger partial charge < -0.3 is 16.2 Å². The van der Waals surface area contributed by atoms with Crippen LogP contribution in [0.5, 0.6) is 0 Å². The second-order valence-corrected chi connectivity index (χ2v) is 6.40. The molecule has 1 aromatic carbocycles. The first kappa shape index (κ1) is 19.6. The quantitative estimate of drug-likeness (QED) is 0.403. The van der Waals surface area contributed by atoms with E-state index >= 15 is 0 Å². The largest absolute Gasteiger partial charge is 0.480 e. The average molecular weight is 385 g/mol. The minimum Gasteiger partial charge on any atom is -0.480 e. The van der Waals surface area contributed by atoms with Crippen molar-refractivity contribution >= 4 is 33.5 Å². The number of rotatable bonds is 11. The van der Waals surface area contributed by atoms with Crippen molar-refractivity contribution in [1.82, 2.24) is 0 Å². The Morgan fingerprint density at radius 1 is 1.17 bits per heavy atom. The number of nitrogens with two attached hydrogens (primary N) is 1. The van der Waals surface area contributed by atoms with Crippen molar-refractivity contribution in [3.63, 3.8) is 0 Å². The van der Waals surface area contributed by atoms with Crippen LogP contribution in [0.1, 0.15) is 44.1 Å². The lowest BCUT2D eigenvalue weighted by atomic mass is 10.1. The first-order chi connectivity index (χ1) is 11.0.